The van der Waals surface area contributed by atoms with E-state index in [1.807, 2.05) is 23.9 Å². The molecule has 0 saturated heterocycles. The molecule has 1 saturated carbocycles. The van der Waals surface area contributed by atoms with Gasteiger partial charge in [-0.3, -0.25) is 0 Å². The second-order valence-electron chi connectivity index (χ2n) is 5.20. The van der Waals surface area contributed by atoms with Crippen molar-refractivity contribution < 1.29 is 4.39 Å². The van der Waals surface area contributed by atoms with Crippen molar-refractivity contribution in [2.75, 3.05) is 0 Å². The van der Waals surface area contributed by atoms with Crippen LogP contribution in [0.25, 0.3) is 0 Å². The highest BCUT2D eigenvalue weighted by atomic mass is 19.1. The van der Waals surface area contributed by atoms with Gasteiger partial charge in [0, 0.05) is 38.4 Å². The largest absolute Gasteiger partial charge is 0.338 e. The number of hydrogen-bond acceptors (Lipinski definition) is 2. The summed E-state index contributed by atoms with van der Waals surface area (Å²) in [5.41, 5.74) is 2.18. The van der Waals surface area contributed by atoms with Gasteiger partial charge in [-0.2, -0.15) is 0 Å². The van der Waals surface area contributed by atoms with Gasteiger partial charge >= 0.3 is 0 Å². The number of benzene rings is 1. The Kier molecular flexibility index (Phi) is 3.34. The summed E-state index contributed by atoms with van der Waals surface area (Å²) in [6.45, 7) is 0.810. The van der Waals surface area contributed by atoms with Crippen LogP contribution in [0.1, 0.15) is 29.8 Å². The van der Waals surface area contributed by atoms with E-state index >= 15 is 0 Å². The highest BCUT2D eigenvalue weighted by Crippen LogP contribution is 2.21. The minimum Gasteiger partial charge on any atom is -0.338 e. The van der Waals surface area contributed by atoms with Crippen LogP contribution in [0.3, 0.4) is 0 Å². The standard InChI is InChI=1S/C15H18FN3/c1-19-7-6-17-15(19)9-12-8-13(16)3-2-11(12)10-18-14-4-5-14/h2-3,6-8,14,18H,4-5,9-10H2,1H3. The molecule has 0 aliphatic heterocycles. The molecular weight excluding hydrogens is 241 g/mol. The molecule has 0 spiro atoms. The fourth-order valence-corrected chi connectivity index (χ4v) is 2.21. The molecular formula is C15H18FN3. The van der Waals surface area contributed by atoms with E-state index in [2.05, 4.69) is 10.3 Å². The molecule has 1 aliphatic rings. The molecule has 3 nitrogen and oxygen atoms in total. The van der Waals surface area contributed by atoms with Crippen LogP contribution >= 0.6 is 0 Å². The topological polar surface area (TPSA) is 29.9 Å². The predicted molar refractivity (Wildman–Crippen MR) is 72.3 cm³/mol. The lowest BCUT2D eigenvalue weighted by molar-refractivity contribution is 0.620. The highest BCUT2D eigenvalue weighted by molar-refractivity contribution is 5.30. The lowest BCUT2D eigenvalue weighted by atomic mass is 10.0. The second-order valence-corrected chi connectivity index (χ2v) is 5.20. The smallest absolute Gasteiger partial charge is 0.123 e. The normalized spacial score (nSPS) is 14.8. The van der Waals surface area contributed by atoms with E-state index < -0.39 is 0 Å². The summed E-state index contributed by atoms with van der Waals surface area (Å²) in [7, 11) is 1.96. The first-order chi connectivity index (χ1) is 9.22. The van der Waals surface area contributed by atoms with E-state index in [0.717, 1.165) is 23.5 Å². The molecule has 3 rings (SSSR count). The third-order valence-corrected chi connectivity index (χ3v) is 3.60. The minimum atomic E-state index is -0.181. The van der Waals surface area contributed by atoms with E-state index in [1.165, 1.54) is 18.9 Å². The molecule has 0 radical (unpaired) electrons. The average Bonchev–Trinajstić information content (AvgIpc) is 3.13. The summed E-state index contributed by atoms with van der Waals surface area (Å²) >= 11 is 0. The molecule has 0 unspecified atom stereocenters. The molecule has 0 amide bonds. The maximum Gasteiger partial charge on any atom is 0.123 e. The van der Waals surface area contributed by atoms with E-state index in [0.29, 0.717) is 12.5 Å². The van der Waals surface area contributed by atoms with Crippen molar-refractivity contribution in [3.63, 3.8) is 0 Å². The van der Waals surface area contributed by atoms with Gasteiger partial charge in [-0.05, 0) is 36.1 Å². The Morgan fingerprint density at radius 2 is 2.21 bits per heavy atom. The van der Waals surface area contributed by atoms with Gasteiger partial charge in [0.2, 0.25) is 0 Å². The van der Waals surface area contributed by atoms with Gasteiger partial charge in [0.25, 0.3) is 0 Å². The van der Waals surface area contributed by atoms with Crippen LogP contribution in [-0.2, 0) is 20.0 Å². The minimum absolute atomic E-state index is 0.181. The molecule has 0 bridgehead atoms. The molecule has 1 aliphatic carbocycles. The number of hydrogen-bond donors (Lipinski definition) is 1. The van der Waals surface area contributed by atoms with Crippen molar-refractivity contribution in [1.82, 2.24) is 14.9 Å². The number of aromatic nitrogens is 2. The number of imidazole rings is 1. The summed E-state index contributed by atoms with van der Waals surface area (Å²) in [4.78, 5) is 4.31. The first-order valence-electron chi connectivity index (χ1n) is 6.69. The van der Waals surface area contributed by atoms with Crippen molar-refractivity contribution in [1.29, 1.82) is 0 Å². The Hall–Kier alpha value is -1.68. The summed E-state index contributed by atoms with van der Waals surface area (Å²) in [6, 6.07) is 5.69. The van der Waals surface area contributed by atoms with Crippen LogP contribution in [0.15, 0.2) is 30.6 Å². The lowest BCUT2D eigenvalue weighted by Gasteiger charge is -2.11. The summed E-state index contributed by atoms with van der Waals surface area (Å²) in [6.07, 6.45) is 6.88. The number of rotatable bonds is 5. The molecule has 100 valence electrons. The molecule has 1 N–H and O–H groups in total. The molecule has 1 aromatic carbocycles. The van der Waals surface area contributed by atoms with Gasteiger partial charge < -0.3 is 9.88 Å². The second kappa shape index (κ2) is 5.13. The number of nitrogens with one attached hydrogen (secondary N) is 1. The first-order valence-corrected chi connectivity index (χ1v) is 6.69. The third-order valence-electron chi connectivity index (χ3n) is 3.60. The Morgan fingerprint density at radius 3 is 2.89 bits per heavy atom. The molecule has 19 heavy (non-hydrogen) atoms. The van der Waals surface area contributed by atoms with Crippen LogP contribution in [0.4, 0.5) is 4.39 Å². The Balaban J connectivity index is 1.80. The average molecular weight is 259 g/mol. The van der Waals surface area contributed by atoms with Crippen LogP contribution in [0.2, 0.25) is 0 Å². The fourth-order valence-electron chi connectivity index (χ4n) is 2.21. The quantitative estimate of drug-likeness (QED) is 0.893. The van der Waals surface area contributed by atoms with Crippen molar-refractivity contribution in [3.05, 3.63) is 53.4 Å². The predicted octanol–water partition coefficient (Wildman–Crippen LogP) is 2.40. The van der Waals surface area contributed by atoms with Gasteiger partial charge in [-0.25, -0.2) is 9.37 Å². The highest BCUT2D eigenvalue weighted by Gasteiger charge is 2.20. The van der Waals surface area contributed by atoms with Crippen molar-refractivity contribution in [2.24, 2.45) is 7.05 Å². The van der Waals surface area contributed by atoms with Gasteiger partial charge in [0.15, 0.2) is 0 Å². The lowest BCUT2D eigenvalue weighted by Crippen LogP contribution is -2.17. The van der Waals surface area contributed by atoms with Gasteiger partial charge in [0.1, 0.15) is 11.6 Å². The molecule has 4 heteroatoms. The molecule has 1 heterocycles. The Bertz CT molecular complexity index is 573. The van der Waals surface area contributed by atoms with Gasteiger partial charge in [0.05, 0.1) is 0 Å². The van der Waals surface area contributed by atoms with Crippen LogP contribution in [0.5, 0.6) is 0 Å². The fraction of sp³-hybridized carbons (Fsp3) is 0.400. The first kappa shape index (κ1) is 12.4. The molecule has 0 atom stereocenters. The van der Waals surface area contributed by atoms with Crippen molar-refractivity contribution in [3.8, 4) is 0 Å². The third kappa shape index (κ3) is 3.01. The molecule has 1 fully saturated rings. The number of nitrogens with zero attached hydrogens (tertiary/aromatic N) is 2. The number of halogens is 1. The Morgan fingerprint density at radius 1 is 1.37 bits per heavy atom. The van der Waals surface area contributed by atoms with Gasteiger partial charge in [-0.15, -0.1) is 0 Å². The maximum atomic E-state index is 13.4. The van der Waals surface area contributed by atoms with Crippen LogP contribution in [-0.4, -0.2) is 15.6 Å². The SMILES string of the molecule is Cn1ccnc1Cc1cc(F)ccc1CNC1CC1. The monoisotopic (exact) mass is 259 g/mol. The van der Waals surface area contributed by atoms with Crippen molar-refractivity contribution >= 4 is 0 Å². The van der Waals surface area contributed by atoms with Crippen LogP contribution < -0.4 is 5.32 Å². The maximum absolute atomic E-state index is 13.4. The molecule has 1 aromatic heterocycles. The van der Waals surface area contributed by atoms with E-state index in [4.69, 9.17) is 0 Å². The zero-order valence-corrected chi connectivity index (χ0v) is 11.1. The van der Waals surface area contributed by atoms with Crippen LogP contribution in [0, 0.1) is 5.82 Å². The van der Waals surface area contributed by atoms with Crippen molar-refractivity contribution in [2.45, 2.75) is 31.8 Å². The van der Waals surface area contributed by atoms with Gasteiger partial charge in [-0.1, -0.05) is 6.07 Å². The molecule has 2 aromatic rings. The zero-order chi connectivity index (χ0) is 13.2. The van der Waals surface area contributed by atoms with E-state index in [1.54, 1.807) is 12.3 Å². The van der Waals surface area contributed by atoms with E-state index in [-0.39, 0.29) is 5.82 Å². The zero-order valence-electron chi connectivity index (χ0n) is 11.1. The Labute approximate surface area is 112 Å². The summed E-state index contributed by atoms with van der Waals surface area (Å²) in [5, 5.41) is 3.48. The van der Waals surface area contributed by atoms with E-state index in [9.17, 15) is 4.39 Å². The summed E-state index contributed by atoms with van der Waals surface area (Å²) < 4.78 is 15.4. The number of aryl methyl sites for hydroxylation is 1. The summed E-state index contributed by atoms with van der Waals surface area (Å²) in [5.74, 6) is 0.776.